The monoisotopic (exact) mass is 177 g/mol. The molecule has 0 aromatic heterocycles. The topological polar surface area (TPSA) is 37.4 Å². The average Bonchev–Trinajstić information content (AvgIpc) is 1.98. The van der Waals surface area contributed by atoms with Crippen LogP contribution < -0.4 is 0 Å². The van der Waals surface area contributed by atoms with Crippen LogP contribution in [0.3, 0.4) is 0 Å². The normalized spacial score (nSPS) is 18.4. The molecule has 0 atom stereocenters. The molecule has 1 rings (SSSR count). The molecule has 0 aromatic rings. The van der Waals surface area contributed by atoms with E-state index in [-0.39, 0.29) is 11.8 Å². The van der Waals surface area contributed by atoms with Crippen molar-refractivity contribution in [3.05, 3.63) is 12.2 Å². The van der Waals surface area contributed by atoms with Gasteiger partial charge in [-0.3, -0.25) is 0 Å². The molecule has 0 radical (unpaired) electrons. The van der Waals surface area contributed by atoms with Crippen LogP contribution in [-0.2, 0) is 9.59 Å². The van der Waals surface area contributed by atoms with E-state index in [0.29, 0.717) is 0 Å². The van der Waals surface area contributed by atoms with Crippen molar-refractivity contribution < 1.29 is 9.59 Å². The Hall–Kier alpha value is -0.601. The molecule has 1 aliphatic heterocycles. The van der Waals surface area contributed by atoms with Crippen molar-refractivity contribution in [3.8, 4) is 0 Å². The third kappa shape index (κ3) is 0.680. The first kappa shape index (κ1) is 5.53. The first-order valence-electron chi connectivity index (χ1n) is 1.97. The zero-order valence-corrected chi connectivity index (χ0v) is 5.74. The Balaban J connectivity index is 2.84. The predicted molar refractivity (Wildman–Crippen MR) is 28.1 cm³/mol. The van der Waals surface area contributed by atoms with Gasteiger partial charge in [-0.05, 0) is 0 Å². The number of hydrogen-bond donors (Lipinski definition) is 0. The van der Waals surface area contributed by atoms with Crippen LogP contribution in [0.25, 0.3) is 0 Å². The van der Waals surface area contributed by atoms with Gasteiger partial charge in [-0.1, -0.05) is 0 Å². The van der Waals surface area contributed by atoms with E-state index in [2.05, 4.69) is 0 Å². The number of amides is 2. The Morgan fingerprint density at radius 3 is 1.75 bits per heavy atom. The zero-order valence-electron chi connectivity index (χ0n) is 3.87. The van der Waals surface area contributed by atoms with Crippen molar-refractivity contribution in [1.82, 2.24) is 3.92 Å². The van der Waals surface area contributed by atoms with Crippen LogP contribution >= 0.6 is 0 Å². The van der Waals surface area contributed by atoms with Crippen LogP contribution in [0.15, 0.2) is 12.2 Å². The summed E-state index contributed by atoms with van der Waals surface area (Å²) in [6.07, 6.45) is 2.47. The summed E-state index contributed by atoms with van der Waals surface area (Å²) in [6.45, 7) is 0. The standard InChI is InChI=1S/C4H3NO2Se/c6-3-1-2-4(7)5(3)8/h1-2,8H. The minimum atomic E-state index is -0.269. The van der Waals surface area contributed by atoms with Crippen LogP contribution in [0.5, 0.6) is 0 Å². The van der Waals surface area contributed by atoms with E-state index >= 15 is 0 Å². The number of carbonyl (C=O) groups is 2. The second kappa shape index (κ2) is 1.73. The van der Waals surface area contributed by atoms with Gasteiger partial charge in [0.15, 0.2) is 0 Å². The van der Waals surface area contributed by atoms with Gasteiger partial charge >= 0.3 is 53.7 Å². The number of nitrogens with zero attached hydrogens (tertiary/aromatic N) is 1. The van der Waals surface area contributed by atoms with E-state index in [9.17, 15) is 9.59 Å². The maximum atomic E-state index is 10.4. The number of imide groups is 1. The van der Waals surface area contributed by atoms with Crippen LogP contribution in [-0.4, -0.2) is 32.0 Å². The molecule has 3 nitrogen and oxygen atoms in total. The Bertz CT molecular complexity index is 157. The van der Waals surface area contributed by atoms with E-state index in [1.807, 2.05) is 16.2 Å². The molecule has 0 aromatic carbocycles. The second-order valence-corrected chi connectivity index (χ2v) is 2.16. The molecule has 2 amide bonds. The van der Waals surface area contributed by atoms with E-state index < -0.39 is 0 Å². The van der Waals surface area contributed by atoms with E-state index in [0.717, 1.165) is 3.92 Å². The van der Waals surface area contributed by atoms with Gasteiger partial charge in [-0.15, -0.1) is 0 Å². The van der Waals surface area contributed by atoms with E-state index in [1.54, 1.807) is 0 Å². The molecule has 0 saturated carbocycles. The second-order valence-electron chi connectivity index (χ2n) is 1.32. The van der Waals surface area contributed by atoms with Crippen molar-refractivity contribution in [2.45, 2.75) is 0 Å². The average molecular weight is 176 g/mol. The van der Waals surface area contributed by atoms with Gasteiger partial charge in [0.2, 0.25) is 0 Å². The third-order valence-corrected chi connectivity index (χ3v) is 1.61. The Labute approximate surface area is 54.4 Å². The summed E-state index contributed by atoms with van der Waals surface area (Å²) in [5.74, 6) is -0.537. The minimum absolute atomic E-state index is 0.269. The molecule has 4 heteroatoms. The van der Waals surface area contributed by atoms with Crippen molar-refractivity contribution in [1.29, 1.82) is 0 Å². The molecule has 1 heterocycles. The Kier molecular flexibility index (Phi) is 1.19. The van der Waals surface area contributed by atoms with Gasteiger partial charge < -0.3 is 0 Å². The quantitative estimate of drug-likeness (QED) is 0.340. The van der Waals surface area contributed by atoms with Gasteiger partial charge in [-0.25, -0.2) is 0 Å². The molecule has 0 fully saturated rings. The van der Waals surface area contributed by atoms with Crippen LogP contribution in [0.4, 0.5) is 0 Å². The van der Waals surface area contributed by atoms with Gasteiger partial charge in [0.05, 0.1) is 0 Å². The molecule has 1 aliphatic rings. The van der Waals surface area contributed by atoms with Crippen LogP contribution in [0, 0.1) is 0 Å². The molecule has 0 N–H and O–H groups in total. The summed E-state index contributed by atoms with van der Waals surface area (Å²) in [7, 11) is 0. The predicted octanol–water partition coefficient (Wildman–Crippen LogP) is -1.27. The van der Waals surface area contributed by atoms with Gasteiger partial charge in [-0.2, -0.15) is 0 Å². The number of carbonyl (C=O) groups excluding carboxylic acids is 2. The van der Waals surface area contributed by atoms with Gasteiger partial charge in [0, 0.05) is 0 Å². The summed E-state index contributed by atoms with van der Waals surface area (Å²) in [5, 5.41) is 0. The van der Waals surface area contributed by atoms with Gasteiger partial charge in [0.25, 0.3) is 0 Å². The van der Waals surface area contributed by atoms with Crippen molar-refractivity contribution >= 4 is 28.0 Å². The number of hydrogen-bond acceptors (Lipinski definition) is 2. The molecular weight excluding hydrogens is 173 g/mol. The van der Waals surface area contributed by atoms with Crippen LogP contribution in [0.2, 0.25) is 0 Å². The van der Waals surface area contributed by atoms with Crippen molar-refractivity contribution in [2.75, 3.05) is 0 Å². The fraction of sp³-hybridized carbons (Fsp3) is 0. The summed E-state index contributed by atoms with van der Waals surface area (Å²) in [6, 6.07) is 0. The molecule has 8 heavy (non-hydrogen) atoms. The van der Waals surface area contributed by atoms with E-state index in [4.69, 9.17) is 0 Å². The first-order chi connectivity index (χ1) is 3.72. The molecular formula is C4H3NO2Se. The SMILES string of the molecule is O=C1C=CC(=O)N1[SeH]. The molecule has 0 saturated heterocycles. The Morgan fingerprint density at radius 1 is 1.25 bits per heavy atom. The van der Waals surface area contributed by atoms with Crippen molar-refractivity contribution in [2.24, 2.45) is 0 Å². The molecule has 0 spiro atoms. The molecule has 42 valence electrons. The fourth-order valence-corrected chi connectivity index (χ4v) is 0.672. The molecule has 0 unspecified atom stereocenters. The summed E-state index contributed by atoms with van der Waals surface area (Å²) in [4.78, 5) is 20.8. The number of rotatable bonds is 0. The van der Waals surface area contributed by atoms with Gasteiger partial charge in [0.1, 0.15) is 0 Å². The maximum absolute atomic E-state index is 10.4. The summed E-state index contributed by atoms with van der Waals surface area (Å²) >= 11 is 1.88. The van der Waals surface area contributed by atoms with Crippen molar-refractivity contribution in [3.63, 3.8) is 0 Å². The summed E-state index contributed by atoms with van der Waals surface area (Å²) in [5.41, 5.74) is 0. The summed E-state index contributed by atoms with van der Waals surface area (Å²) < 4.78 is 0.993. The Morgan fingerprint density at radius 2 is 1.62 bits per heavy atom. The zero-order chi connectivity index (χ0) is 6.15. The third-order valence-electron chi connectivity index (χ3n) is 0.786. The molecule has 0 bridgehead atoms. The van der Waals surface area contributed by atoms with Crippen LogP contribution in [0.1, 0.15) is 0 Å². The first-order valence-corrected chi connectivity index (χ1v) is 2.81. The molecule has 0 aliphatic carbocycles. The van der Waals surface area contributed by atoms with E-state index in [1.165, 1.54) is 12.2 Å². The fourth-order valence-electron chi connectivity index (χ4n) is 0.392.